The molecule has 8 heteroatoms. The number of aliphatic hydroxyl groups excluding tert-OH is 1. The Hall–Kier alpha value is -3.36. The van der Waals surface area contributed by atoms with Crippen LogP contribution in [0.25, 0.3) is 22.6 Å². The highest BCUT2D eigenvalue weighted by Gasteiger charge is 2.24. The van der Waals surface area contributed by atoms with Gasteiger partial charge in [-0.3, -0.25) is 0 Å². The lowest BCUT2D eigenvalue weighted by Gasteiger charge is -2.33. The minimum atomic E-state index is -0.580. The number of rotatable bonds is 8. The molecular weight excluding hydrogens is 458 g/mol. The molecular formula is C28H31N3O5. The van der Waals surface area contributed by atoms with E-state index >= 15 is 0 Å². The molecule has 2 aromatic carbocycles. The molecule has 0 radical (unpaired) electrons. The van der Waals surface area contributed by atoms with E-state index in [4.69, 9.17) is 18.3 Å². The van der Waals surface area contributed by atoms with E-state index in [0.29, 0.717) is 47.8 Å². The molecule has 2 aromatic heterocycles. The Labute approximate surface area is 209 Å². The molecule has 2 aliphatic heterocycles. The summed E-state index contributed by atoms with van der Waals surface area (Å²) < 4.78 is 23.2. The smallest absolute Gasteiger partial charge is 0.283 e. The van der Waals surface area contributed by atoms with Crippen LogP contribution in [0.5, 0.6) is 11.5 Å². The van der Waals surface area contributed by atoms with Gasteiger partial charge in [-0.05, 0) is 61.2 Å². The minimum absolute atomic E-state index is 0.213. The number of benzene rings is 2. The molecule has 0 bridgehead atoms. The van der Waals surface area contributed by atoms with Crippen molar-refractivity contribution in [3.63, 3.8) is 0 Å². The summed E-state index contributed by atoms with van der Waals surface area (Å²) in [6, 6.07) is 14.1. The van der Waals surface area contributed by atoms with E-state index in [-0.39, 0.29) is 6.61 Å². The predicted octanol–water partition coefficient (Wildman–Crippen LogP) is 4.60. The molecule has 1 saturated heterocycles. The van der Waals surface area contributed by atoms with Crippen molar-refractivity contribution in [2.75, 3.05) is 32.8 Å². The van der Waals surface area contributed by atoms with E-state index in [0.717, 1.165) is 50.1 Å². The highest BCUT2D eigenvalue weighted by Crippen LogP contribution is 2.34. The summed E-state index contributed by atoms with van der Waals surface area (Å²) in [4.78, 5) is 2.33. The van der Waals surface area contributed by atoms with Gasteiger partial charge in [-0.2, -0.15) is 0 Å². The van der Waals surface area contributed by atoms with Crippen molar-refractivity contribution in [1.29, 1.82) is 0 Å². The summed E-state index contributed by atoms with van der Waals surface area (Å²) in [5.41, 5.74) is 3.43. The predicted molar refractivity (Wildman–Crippen MR) is 134 cm³/mol. The Morgan fingerprint density at radius 2 is 2.00 bits per heavy atom. The third-order valence-corrected chi connectivity index (χ3v) is 7.17. The lowest BCUT2D eigenvalue weighted by molar-refractivity contribution is 0.0599. The molecule has 0 spiro atoms. The van der Waals surface area contributed by atoms with E-state index in [1.165, 1.54) is 11.1 Å². The number of hydrogen-bond donors (Lipinski definition) is 1. The van der Waals surface area contributed by atoms with Crippen LogP contribution in [0.2, 0.25) is 0 Å². The highest BCUT2D eigenvalue weighted by atomic mass is 16.5. The van der Waals surface area contributed by atoms with Gasteiger partial charge in [0.1, 0.15) is 29.8 Å². The fourth-order valence-corrected chi connectivity index (χ4v) is 5.21. The first-order valence-electron chi connectivity index (χ1n) is 12.8. The molecule has 0 amide bonds. The fraction of sp³-hybridized carbons (Fsp3) is 0.429. The van der Waals surface area contributed by atoms with Gasteiger partial charge in [0, 0.05) is 25.5 Å². The van der Waals surface area contributed by atoms with Crippen LogP contribution >= 0.6 is 0 Å². The first-order valence-corrected chi connectivity index (χ1v) is 12.8. The van der Waals surface area contributed by atoms with E-state index in [9.17, 15) is 5.11 Å². The number of fused-ring (bicyclic) bond motifs is 2. The Morgan fingerprint density at radius 1 is 1.11 bits per heavy atom. The molecule has 1 atom stereocenters. The molecule has 6 rings (SSSR count). The van der Waals surface area contributed by atoms with Crippen LogP contribution in [0.1, 0.15) is 42.7 Å². The fourth-order valence-electron chi connectivity index (χ4n) is 5.21. The number of aliphatic hydroxyl groups is 1. The Kier molecular flexibility index (Phi) is 6.37. The summed E-state index contributed by atoms with van der Waals surface area (Å²) in [6.07, 6.45) is 3.29. The average Bonchev–Trinajstić information content (AvgIpc) is 3.66. The Balaban J connectivity index is 1.03. The zero-order valence-electron chi connectivity index (χ0n) is 20.5. The van der Waals surface area contributed by atoms with Crippen molar-refractivity contribution in [1.82, 2.24) is 15.1 Å². The molecule has 2 aliphatic rings. The first kappa shape index (κ1) is 23.1. The van der Waals surface area contributed by atoms with Gasteiger partial charge in [0.2, 0.25) is 5.89 Å². The number of likely N-dealkylation sites (tertiary alicyclic amines) is 1. The molecule has 0 aliphatic carbocycles. The van der Waals surface area contributed by atoms with Crippen molar-refractivity contribution in [3.8, 4) is 23.1 Å². The largest absolute Gasteiger partial charge is 0.493 e. The number of β-amino-alcohol motifs (C(OH)–C–C–N with tert-alkyl or cyclic N) is 1. The van der Waals surface area contributed by atoms with Crippen LogP contribution < -0.4 is 9.47 Å². The quantitative estimate of drug-likeness (QED) is 0.384. The summed E-state index contributed by atoms with van der Waals surface area (Å²) in [5.74, 6) is 3.70. The second-order valence-electron chi connectivity index (χ2n) is 9.64. The highest BCUT2D eigenvalue weighted by molar-refractivity contribution is 5.87. The van der Waals surface area contributed by atoms with E-state index in [1.54, 1.807) is 0 Å². The molecule has 4 heterocycles. The summed E-state index contributed by atoms with van der Waals surface area (Å²) in [5, 5.41) is 19.6. The van der Waals surface area contributed by atoms with Crippen LogP contribution in [-0.4, -0.2) is 59.2 Å². The van der Waals surface area contributed by atoms with Crippen molar-refractivity contribution in [3.05, 3.63) is 59.5 Å². The maximum Gasteiger partial charge on any atom is 0.283 e. The molecule has 188 valence electrons. The number of nitrogens with zero attached hydrogens (tertiary/aromatic N) is 3. The summed E-state index contributed by atoms with van der Waals surface area (Å²) in [7, 11) is 0. The van der Waals surface area contributed by atoms with Gasteiger partial charge >= 0.3 is 0 Å². The van der Waals surface area contributed by atoms with Gasteiger partial charge in [-0.1, -0.05) is 25.1 Å². The summed E-state index contributed by atoms with van der Waals surface area (Å²) >= 11 is 0. The lowest BCUT2D eigenvalue weighted by atomic mass is 9.88. The van der Waals surface area contributed by atoms with Gasteiger partial charge in [0.05, 0.1) is 12.0 Å². The van der Waals surface area contributed by atoms with Crippen LogP contribution in [-0.2, 0) is 12.8 Å². The zero-order chi connectivity index (χ0) is 24.5. The van der Waals surface area contributed by atoms with Crippen molar-refractivity contribution < 1.29 is 23.4 Å². The van der Waals surface area contributed by atoms with Crippen LogP contribution in [0.4, 0.5) is 0 Å². The monoisotopic (exact) mass is 489 g/mol. The van der Waals surface area contributed by atoms with Gasteiger partial charge in [0.25, 0.3) is 5.89 Å². The van der Waals surface area contributed by atoms with Gasteiger partial charge < -0.3 is 28.3 Å². The molecule has 1 N–H and O–H groups in total. The molecule has 36 heavy (non-hydrogen) atoms. The number of ether oxygens (including phenoxy) is 2. The molecule has 4 aromatic rings. The number of piperidine rings is 1. The number of furan rings is 1. The Morgan fingerprint density at radius 3 is 2.83 bits per heavy atom. The average molecular weight is 490 g/mol. The minimum Gasteiger partial charge on any atom is -0.493 e. The van der Waals surface area contributed by atoms with Crippen LogP contribution in [0.15, 0.2) is 51.3 Å². The standard InChI is InChI=1S/C28H31N3O5/c1-2-27-29-30-28(36-27)26-15-22-24(4-3-5-25(22)35-26)34-17-21(32)16-31-11-8-18(9-12-31)19-6-7-23-20(14-19)10-13-33-23/h3-7,14-15,18,21,32H,2,8-13,16-17H2,1H3/t21-/m0/s1. The third-order valence-electron chi connectivity index (χ3n) is 7.17. The summed E-state index contributed by atoms with van der Waals surface area (Å²) in [6.45, 7) is 5.51. The SMILES string of the molecule is CCc1nnc(-c2cc3c(OC[C@@H](O)CN4CCC(c5ccc6c(c5)CCO6)CC4)cccc3o2)o1. The van der Waals surface area contributed by atoms with Crippen molar-refractivity contribution in [2.24, 2.45) is 0 Å². The molecule has 1 fully saturated rings. The van der Waals surface area contributed by atoms with Crippen LogP contribution in [0, 0.1) is 0 Å². The number of hydrogen-bond acceptors (Lipinski definition) is 8. The topological polar surface area (TPSA) is 94.0 Å². The van der Waals surface area contributed by atoms with E-state index < -0.39 is 6.10 Å². The molecule has 0 unspecified atom stereocenters. The number of aryl methyl sites for hydroxylation is 1. The second-order valence-corrected chi connectivity index (χ2v) is 9.64. The van der Waals surface area contributed by atoms with Crippen LogP contribution in [0.3, 0.4) is 0 Å². The first-order chi connectivity index (χ1) is 17.7. The normalized spacial score (nSPS) is 17.3. The second kappa shape index (κ2) is 9.95. The maximum atomic E-state index is 10.7. The molecule has 8 nitrogen and oxygen atoms in total. The zero-order valence-corrected chi connectivity index (χ0v) is 20.5. The molecule has 0 saturated carbocycles. The van der Waals surface area contributed by atoms with Crippen molar-refractivity contribution >= 4 is 11.0 Å². The van der Waals surface area contributed by atoms with Crippen molar-refractivity contribution in [2.45, 2.75) is 44.6 Å². The Bertz CT molecular complexity index is 1340. The maximum absolute atomic E-state index is 10.7. The van der Waals surface area contributed by atoms with Gasteiger partial charge in [0.15, 0.2) is 5.76 Å². The van der Waals surface area contributed by atoms with E-state index in [1.807, 2.05) is 31.2 Å². The third kappa shape index (κ3) is 4.70. The number of aromatic nitrogens is 2. The lowest BCUT2D eigenvalue weighted by Crippen LogP contribution is -2.40. The van der Waals surface area contributed by atoms with Gasteiger partial charge in [-0.25, -0.2) is 0 Å². The van der Waals surface area contributed by atoms with E-state index in [2.05, 4.69) is 33.3 Å². The van der Waals surface area contributed by atoms with Gasteiger partial charge in [-0.15, -0.1) is 10.2 Å².